The minimum absolute atomic E-state index is 0.0630. The van der Waals surface area contributed by atoms with Gasteiger partial charge in [0.1, 0.15) is 0 Å². The van der Waals surface area contributed by atoms with Crippen LogP contribution in [0.5, 0.6) is 0 Å². The molecule has 2 rings (SSSR count). The van der Waals surface area contributed by atoms with Crippen molar-refractivity contribution in [3.8, 4) is 0 Å². The first kappa shape index (κ1) is 18.7. The van der Waals surface area contributed by atoms with Crippen LogP contribution in [0.3, 0.4) is 0 Å². The number of carbonyl (C=O) groups is 2. The molecule has 7 nitrogen and oxygen atoms in total. The molecular weight excluding hydrogens is 328 g/mol. The highest BCUT2D eigenvalue weighted by molar-refractivity contribution is 7.09. The number of carbonyl (C=O) groups excluding carboxylic acids is 1. The molecule has 0 bridgehead atoms. The van der Waals surface area contributed by atoms with Gasteiger partial charge in [-0.25, -0.2) is 9.78 Å². The largest absolute Gasteiger partial charge is 0.480 e. The third kappa shape index (κ3) is 5.45. The molecule has 8 heteroatoms. The van der Waals surface area contributed by atoms with E-state index in [0.29, 0.717) is 13.1 Å². The summed E-state index contributed by atoms with van der Waals surface area (Å²) >= 11 is 1.66. The number of thiazole rings is 1. The van der Waals surface area contributed by atoms with Gasteiger partial charge in [-0.05, 0) is 25.8 Å². The Hall–Kier alpha value is -1.67. The number of aliphatic carboxylic acids is 1. The Morgan fingerprint density at radius 1 is 1.42 bits per heavy atom. The van der Waals surface area contributed by atoms with E-state index < -0.39 is 5.97 Å². The van der Waals surface area contributed by atoms with Crippen LogP contribution in [-0.4, -0.2) is 58.7 Å². The zero-order valence-corrected chi connectivity index (χ0v) is 15.1. The highest BCUT2D eigenvalue weighted by atomic mass is 32.1. The number of likely N-dealkylation sites (N-methyl/N-ethyl adjacent to an activating group) is 1. The number of aromatic nitrogens is 1. The van der Waals surface area contributed by atoms with Crippen molar-refractivity contribution < 1.29 is 14.7 Å². The first-order valence-corrected chi connectivity index (χ1v) is 9.33. The van der Waals surface area contributed by atoms with Gasteiger partial charge in [0, 0.05) is 30.4 Å². The van der Waals surface area contributed by atoms with Crippen LogP contribution in [0.4, 0.5) is 4.79 Å². The highest BCUT2D eigenvalue weighted by Crippen LogP contribution is 2.25. The van der Waals surface area contributed by atoms with Crippen molar-refractivity contribution >= 4 is 23.3 Å². The minimum atomic E-state index is -0.806. The number of nitrogens with zero attached hydrogens (tertiary/aromatic N) is 2. The van der Waals surface area contributed by atoms with Gasteiger partial charge in [-0.2, -0.15) is 0 Å². The van der Waals surface area contributed by atoms with Gasteiger partial charge in [0.05, 0.1) is 17.2 Å². The fourth-order valence-electron chi connectivity index (χ4n) is 2.84. The number of hydrogen-bond acceptors (Lipinski definition) is 5. The molecule has 0 atom stereocenters. The van der Waals surface area contributed by atoms with Crippen LogP contribution in [-0.2, 0) is 17.6 Å². The Balaban J connectivity index is 1.61. The summed E-state index contributed by atoms with van der Waals surface area (Å²) < 4.78 is 0. The number of aryl methyl sites for hydroxylation is 1. The Morgan fingerprint density at radius 3 is 2.75 bits per heavy atom. The summed E-state index contributed by atoms with van der Waals surface area (Å²) in [4.78, 5) is 29.1. The third-order valence-corrected chi connectivity index (χ3v) is 5.32. The second kappa shape index (κ2) is 8.98. The van der Waals surface area contributed by atoms with Crippen LogP contribution in [0.15, 0.2) is 5.38 Å². The van der Waals surface area contributed by atoms with Crippen LogP contribution in [0.25, 0.3) is 0 Å². The highest BCUT2D eigenvalue weighted by Gasteiger charge is 2.34. The SMILES string of the molecule is CCc1nc(CCNC(=O)NC2CC(N(CC)CC(=O)O)C2)cs1. The van der Waals surface area contributed by atoms with E-state index in [1.54, 1.807) is 11.3 Å². The minimum Gasteiger partial charge on any atom is -0.480 e. The maximum absolute atomic E-state index is 11.9. The molecule has 24 heavy (non-hydrogen) atoms. The van der Waals surface area contributed by atoms with Crippen molar-refractivity contribution in [2.45, 2.75) is 51.6 Å². The van der Waals surface area contributed by atoms with Crippen LogP contribution in [0.2, 0.25) is 0 Å². The van der Waals surface area contributed by atoms with E-state index in [4.69, 9.17) is 5.11 Å². The number of nitrogens with one attached hydrogen (secondary N) is 2. The van der Waals surface area contributed by atoms with Gasteiger partial charge in [0.15, 0.2) is 0 Å². The summed E-state index contributed by atoms with van der Waals surface area (Å²) in [6, 6.07) is 0.216. The zero-order chi connectivity index (χ0) is 17.5. The van der Waals surface area contributed by atoms with Gasteiger partial charge in [-0.15, -0.1) is 11.3 Å². The lowest BCUT2D eigenvalue weighted by Gasteiger charge is -2.42. The summed E-state index contributed by atoms with van der Waals surface area (Å²) in [5.74, 6) is -0.806. The Labute approximate surface area is 146 Å². The zero-order valence-electron chi connectivity index (χ0n) is 14.2. The van der Waals surface area contributed by atoms with Crippen molar-refractivity contribution in [1.29, 1.82) is 0 Å². The molecule has 1 aromatic heterocycles. The van der Waals surface area contributed by atoms with E-state index >= 15 is 0 Å². The second-order valence-electron chi connectivity index (χ2n) is 6.02. The average Bonchev–Trinajstić information content (AvgIpc) is 2.96. The lowest BCUT2D eigenvalue weighted by molar-refractivity contribution is -0.139. The van der Waals surface area contributed by atoms with Gasteiger partial charge < -0.3 is 15.7 Å². The van der Waals surface area contributed by atoms with Crippen molar-refractivity contribution in [2.75, 3.05) is 19.6 Å². The van der Waals surface area contributed by atoms with Crippen molar-refractivity contribution in [1.82, 2.24) is 20.5 Å². The molecule has 1 heterocycles. The molecule has 1 saturated carbocycles. The molecule has 0 saturated heterocycles. The van der Waals surface area contributed by atoms with Crippen LogP contribution in [0.1, 0.15) is 37.4 Å². The molecule has 134 valence electrons. The maximum atomic E-state index is 11.9. The Morgan fingerprint density at radius 2 is 2.17 bits per heavy atom. The molecule has 0 radical (unpaired) electrons. The van der Waals surface area contributed by atoms with Gasteiger partial charge in [0.2, 0.25) is 0 Å². The van der Waals surface area contributed by atoms with Gasteiger partial charge in [-0.1, -0.05) is 13.8 Å². The van der Waals surface area contributed by atoms with E-state index in [-0.39, 0.29) is 24.7 Å². The monoisotopic (exact) mass is 354 g/mol. The number of urea groups is 1. The number of carboxylic acids is 1. The van der Waals surface area contributed by atoms with E-state index in [1.807, 2.05) is 17.2 Å². The smallest absolute Gasteiger partial charge is 0.317 e. The van der Waals surface area contributed by atoms with Gasteiger partial charge in [0.25, 0.3) is 0 Å². The van der Waals surface area contributed by atoms with Crippen molar-refractivity contribution in [2.24, 2.45) is 0 Å². The molecular formula is C16H26N4O3S. The summed E-state index contributed by atoms with van der Waals surface area (Å²) in [6.07, 6.45) is 3.29. The molecule has 1 fully saturated rings. The standard InChI is InChI=1S/C16H26N4O3S/c1-3-14-18-11(10-24-14)5-6-17-16(23)19-12-7-13(8-12)20(4-2)9-15(21)22/h10,12-13H,3-9H2,1-2H3,(H,21,22)(H2,17,19,23). The van der Waals surface area contributed by atoms with Crippen LogP contribution < -0.4 is 10.6 Å². The van der Waals surface area contributed by atoms with E-state index in [1.165, 1.54) is 0 Å². The summed E-state index contributed by atoms with van der Waals surface area (Å²) in [7, 11) is 0. The van der Waals surface area contributed by atoms with Gasteiger partial charge >= 0.3 is 12.0 Å². The predicted molar refractivity (Wildman–Crippen MR) is 93.4 cm³/mol. The molecule has 1 aliphatic rings. The quantitative estimate of drug-likeness (QED) is 0.624. The summed E-state index contributed by atoms with van der Waals surface area (Å²) in [5, 5.41) is 17.8. The number of amides is 2. The molecule has 0 unspecified atom stereocenters. The number of rotatable bonds is 9. The van der Waals surface area contributed by atoms with E-state index in [2.05, 4.69) is 22.5 Å². The molecule has 3 N–H and O–H groups in total. The van der Waals surface area contributed by atoms with E-state index in [0.717, 1.165) is 36.4 Å². The van der Waals surface area contributed by atoms with Crippen molar-refractivity contribution in [3.05, 3.63) is 16.1 Å². The third-order valence-electron chi connectivity index (χ3n) is 4.28. The maximum Gasteiger partial charge on any atom is 0.317 e. The van der Waals surface area contributed by atoms with E-state index in [9.17, 15) is 9.59 Å². The lowest BCUT2D eigenvalue weighted by Crippen LogP contribution is -2.56. The topological polar surface area (TPSA) is 94.6 Å². The Bertz CT molecular complexity index is 557. The normalized spacial score (nSPS) is 19.8. The molecule has 0 spiro atoms. The van der Waals surface area contributed by atoms with Gasteiger partial charge in [-0.3, -0.25) is 9.69 Å². The molecule has 0 aliphatic heterocycles. The van der Waals surface area contributed by atoms with Crippen LogP contribution >= 0.6 is 11.3 Å². The molecule has 2 amide bonds. The first-order valence-electron chi connectivity index (χ1n) is 8.45. The fraction of sp³-hybridized carbons (Fsp3) is 0.688. The molecule has 0 aromatic carbocycles. The fourth-order valence-corrected chi connectivity index (χ4v) is 3.62. The molecule has 1 aliphatic carbocycles. The second-order valence-corrected chi connectivity index (χ2v) is 6.96. The number of carboxylic acid groups (broad SMARTS) is 1. The summed E-state index contributed by atoms with van der Waals surface area (Å²) in [5.41, 5.74) is 1.02. The lowest BCUT2D eigenvalue weighted by atomic mass is 9.85. The molecule has 1 aromatic rings. The van der Waals surface area contributed by atoms with Crippen molar-refractivity contribution in [3.63, 3.8) is 0 Å². The number of hydrogen-bond donors (Lipinski definition) is 3. The Kier molecular flexibility index (Phi) is 6.99. The predicted octanol–water partition coefficient (Wildman–Crippen LogP) is 1.48. The average molecular weight is 354 g/mol. The first-order chi connectivity index (χ1) is 11.5. The van der Waals surface area contributed by atoms with Crippen LogP contribution in [0, 0.1) is 0 Å². The summed E-state index contributed by atoms with van der Waals surface area (Å²) in [6.45, 7) is 5.38.